The van der Waals surface area contributed by atoms with Crippen LogP contribution in [-0.4, -0.2) is 9.97 Å². The number of allylic oxidation sites excluding steroid dienone is 4. The summed E-state index contributed by atoms with van der Waals surface area (Å²) in [6, 6.07) is 4.18. The first kappa shape index (κ1) is 14.7. The normalized spacial score (nSPS) is 12.2. The monoisotopic (exact) mass is 284 g/mol. The SMILES string of the molecule is C/C=C\C(=C/C)c1csc(-c2ccnc(CCC)c2)n1. The predicted molar refractivity (Wildman–Crippen MR) is 87.8 cm³/mol. The van der Waals surface area contributed by atoms with Crippen molar-refractivity contribution in [2.45, 2.75) is 33.6 Å². The highest BCUT2D eigenvalue weighted by atomic mass is 32.1. The van der Waals surface area contributed by atoms with E-state index >= 15 is 0 Å². The molecule has 2 nitrogen and oxygen atoms in total. The second-order valence-corrected chi connectivity index (χ2v) is 5.43. The van der Waals surface area contributed by atoms with Crippen molar-refractivity contribution in [3.05, 3.63) is 53.3 Å². The molecule has 0 radical (unpaired) electrons. The Morgan fingerprint density at radius 2 is 2.20 bits per heavy atom. The third-order valence-corrected chi connectivity index (χ3v) is 3.92. The summed E-state index contributed by atoms with van der Waals surface area (Å²) in [6.07, 6.45) is 10.2. The van der Waals surface area contributed by atoms with Gasteiger partial charge in [-0.05, 0) is 38.0 Å². The van der Waals surface area contributed by atoms with E-state index in [1.807, 2.05) is 32.2 Å². The Kier molecular flexibility index (Phi) is 5.24. The average molecular weight is 284 g/mol. The molecule has 0 aliphatic carbocycles. The van der Waals surface area contributed by atoms with Crippen LogP contribution in [0.15, 0.2) is 41.9 Å². The van der Waals surface area contributed by atoms with Crippen LogP contribution in [0.1, 0.15) is 38.6 Å². The number of hydrogen-bond donors (Lipinski definition) is 0. The van der Waals surface area contributed by atoms with Crippen molar-refractivity contribution in [2.75, 3.05) is 0 Å². The van der Waals surface area contributed by atoms with Gasteiger partial charge in [0.15, 0.2) is 0 Å². The van der Waals surface area contributed by atoms with Crippen LogP contribution in [0.25, 0.3) is 16.1 Å². The number of thiazole rings is 1. The lowest BCUT2D eigenvalue weighted by atomic mass is 10.1. The van der Waals surface area contributed by atoms with E-state index in [1.54, 1.807) is 11.3 Å². The van der Waals surface area contributed by atoms with Crippen LogP contribution in [0.4, 0.5) is 0 Å². The molecular formula is C17H20N2S. The summed E-state index contributed by atoms with van der Waals surface area (Å²) in [5.41, 5.74) is 4.51. The molecule has 0 bridgehead atoms. The summed E-state index contributed by atoms with van der Waals surface area (Å²) in [6.45, 7) is 6.24. The molecule has 3 heteroatoms. The number of pyridine rings is 1. The first-order valence-corrected chi connectivity index (χ1v) is 7.86. The van der Waals surface area contributed by atoms with Crippen molar-refractivity contribution >= 4 is 16.9 Å². The molecule has 0 fully saturated rings. The van der Waals surface area contributed by atoms with Gasteiger partial charge in [0.05, 0.1) is 5.69 Å². The van der Waals surface area contributed by atoms with Gasteiger partial charge in [0.1, 0.15) is 5.01 Å². The van der Waals surface area contributed by atoms with Gasteiger partial charge < -0.3 is 0 Å². The second-order valence-electron chi connectivity index (χ2n) is 4.57. The molecular weight excluding hydrogens is 264 g/mol. The first-order valence-electron chi connectivity index (χ1n) is 6.98. The number of nitrogens with zero attached hydrogens (tertiary/aromatic N) is 2. The minimum absolute atomic E-state index is 1.02. The third kappa shape index (κ3) is 3.42. The predicted octanol–water partition coefficient (Wildman–Crippen LogP) is 5.14. The van der Waals surface area contributed by atoms with Gasteiger partial charge in [0.25, 0.3) is 0 Å². The highest BCUT2D eigenvalue weighted by molar-refractivity contribution is 7.13. The minimum atomic E-state index is 1.02. The fourth-order valence-corrected chi connectivity index (χ4v) is 2.88. The Morgan fingerprint density at radius 1 is 1.35 bits per heavy atom. The average Bonchev–Trinajstić information content (AvgIpc) is 2.95. The molecule has 0 aromatic carbocycles. The van der Waals surface area contributed by atoms with Crippen molar-refractivity contribution in [3.63, 3.8) is 0 Å². The van der Waals surface area contributed by atoms with Crippen LogP contribution in [0.3, 0.4) is 0 Å². The molecule has 0 atom stereocenters. The second kappa shape index (κ2) is 7.15. The molecule has 0 N–H and O–H groups in total. The number of rotatable bonds is 5. The topological polar surface area (TPSA) is 25.8 Å². The highest BCUT2D eigenvalue weighted by Crippen LogP contribution is 2.27. The Labute approximate surface area is 124 Å². The summed E-state index contributed by atoms with van der Waals surface area (Å²) in [5, 5.41) is 3.17. The zero-order valence-electron chi connectivity index (χ0n) is 12.3. The smallest absolute Gasteiger partial charge is 0.124 e. The van der Waals surface area contributed by atoms with E-state index in [9.17, 15) is 0 Å². The van der Waals surface area contributed by atoms with Gasteiger partial charge in [0, 0.05) is 22.8 Å². The fourth-order valence-electron chi connectivity index (χ4n) is 2.05. The lowest BCUT2D eigenvalue weighted by Crippen LogP contribution is -1.89. The Hall–Kier alpha value is -1.74. The number of hydrogen-bond acceptors (Lipinski definition) is 3. The Balaban J connectivity index is 2.31. The van der Waals surface area contributed by atoms with Crippen LogP contribution in [0.5, 0.6) is 0 Å². The van der Waals surface area contributed by atoms with Crippen molar-refractivity contribution in [3.8, 4) is 10.6 Å². The Morgan fingerprint density at radius 3 is 2.90 bits per heavy atom. The van der Waals surface area contributed by atoms with E-state index < -0.39 is 0 Å². The summed E-state index contributed by atoms with van der Waals surface area (Å²) < 4.78 is 0. The van der Waals surface area contributed by atoms with Crippen LogP contribution in [-0.2, 0) is 6.42 Å². The van der Waals surface area contributed by atoms with E-state index in [-0.39, 0.29) is 0 Å². The van der Waals surface area contributed by atoms with E-state index in [1.165, 1.54) is 0 Å². The van der Waals surface area contributed by atoms with Crippen LogP contribution in [0.2, 0.25) is 0 Å². The molecule has 0 aliphatic heterocycles. The molecule has 2 heterocycles. The zero-order valence-corrected chi connectivity index (χ0v) is 13.1. The van der Waals surface area contributed by atoms with E-state index in [4.69, 9.17) is 4.98 Å². The lowest BCUT2D eigenvalue weighted by Gasteiger charge is -2.00. The van der Waals surface area contributed by atoms with Gasteiger partial charge in [-0.2, -0.15) is 0 Å². The molecule has 0 aliphatic rings. The summed E-state index contributed by atoms with van der Waals surface area (Å²) in [4.78, 5) is 9.14. The van der Waals surface area contributed by atoms with Crippen LogP contribution < -0.4 is 0 Å². The number of aromatic nitrogens is 2. The van der Waals surface area contributed by atoms with Gasteiger partial charge in [-0.3, -0.25) is 4.98 Å². The zero-order chi connectivity index (χ0) is 14.4. The molecule has 2 aromatic heterocycles. The summed E-state index contributed by atoms with van der Waals surface area (Å²) in [7, 11) is 0. The summed E-state index contributed by atoms with van der Waals surface area (Å²) in [5.74, 6) is 0. The fraction of sp³-hybridized carbons (Fsp3) is 0.294. The van der Waals surface area contributed by atoms with E-state index in [2.05, 4.69) is 35.5 Å². The first-order chi connectivity index (χ1) is 9.78. The maximum Gasteiger partial charge on any atom is 0.124 e. The summed E-state index contributed by atoms with van der Waals surface area (Å²) >= 11 is 1.69. The maximum atomic E-state index is 4.74. The van der Waals surface area contributed by atoms with E-state index in [0.717, 1.165) is 40.4 Å². The third-order valence-electron chi connectivity index (χ3n) is 3.03. The molecule has 0 saturated carbocycles. The van der Waals surface area contributed by atoms with E-state index in [0.29, 0.717) is 0 Å². The van der Waals surface area contributed by atoms with Crippen molar-refractivity contribution in [1.29, 1.82) is 0 Å². The lowest BCUT2D eigenvalue weighted by molar-refractivity contribution is 0.883. The van der Waals surface area contributed by atoms with Crippen LogP contribution in [0, 0.1) is 0 Å². The largest absolute Gasteiger partial charge is 0.261 e. The standard InChI is InChI=1S/C17H20N2S/c1-4-7-13(6-3)16-12-20-17(19-16)14-9-10-18-15(11-14)8-5-2/h4,6-7,9-12H,5,8H2,1-3H3/b7-4-,13-6+. The maximum absolute atomic E-state index is 4.74. The van der Waals surface area contributed by atoms with Crippen molar-refractivity contribution in [2.24, 2.45) is 0 Å². The van der Waals surface area contributed by atoms with Crippen molar-refractivity contribution < 1.29 is 0 Å². The molecule has 20 heavy (non-hydrogen) atoms. The molecule has 104 valence electrons. The minimum Gasteiger partial charge on any atom is -0.261 e. The van der Waals surface area contributed by atoms with Gasteiger partial charge in [0.2, 0.25) is 0 Å². The molecule has 0 unspecified atom stereocenters. The van der Waals surface area contributed by atoms with Gasteiger partial charge >= 0.3 is 0 Å². The highest BCUT2D eigenvalue weighted by Gasteiger charge is 2.07. The molecule has 0 saturated heterocycles. The Bertz CT molecular complexity index is 623. The van der Waals surface area contributed by atoms with Crippen molar-refractivity contribution in [1.82, 2.24) is 9.97 Å². The molecule has 2 rings (SSSR count). The van der Waals surface area contributed by atoms with Crippen LogP contribution >= 0.6 is 11.3 Å². The van der Waals surface area contributed by atoms with Gasteiger partial charge in [-0.15, -0.1) is 11.3 Å². The quantitative estimate of drug-likeness (QED) is 0.711. The van der Waals surface area contributed by atoms with Gasteiger partial charge in [-0.25, -0.2) is 4.98 Å². The molecule has 2 aromatic rings. The molecule has 0 amide bonds. The van der Waals surface area contributed by atoms with Gasteiger partial charge in [-0.1, -0.05) is 31.6 Å². The molecule has 0 spiro atoms. The number of aryl methyl sites for hydroxylation is 1.